The average molecular weight is 340 g/mol. The monoisotopic (exact) mass is 340 g/mol. The van der Waals surface area contributed by atoms with E-state index in [4.69, 9.17) is 9.47 Å². The molecular weight excluding hydrogens is 316 g/mol. The fourth-order valence-electron chi connectivity index (χ4n) is 3.14. The van der Waals surface area contributed by atoms with Crippen LogP contribution in [0, 0.1) is 0 Å². The first-order valence-corrected chi connectivity index (χ1v) is 8.63. The second-order valence-corrected chi connectivity index (χ2v) is 5.91. The van der Waals surface area contributed by atoms with Crippen molar-refractivity contribution in [1.29, 1.82) is 0 Å². The van der Waals surface area contributed by atoms with Crippen molar-refractivity contribution in [2.75, 3.05) is 32.2 Å². The molecule has 1 unspecified atom stereocenters. The number of benzene rings is 2. The molecule has 1 heterocycles. The number of fused-ring (bicyclic) bond motifs is 1. The van der Waals surface area contributed by atoms with E-state index in [0.717, 1.165) is 23.4 Å². The van der Waals surface area contributed by atoms with Gasteiger partial charge in [-0.1, -0.05) is 30.3 Å². The highest BCUT2D eigenvalue weighted by atomic mass is 16.5. The quantitative estimate of drug-likeness (QED) is 0.781. The number of rotatable bonds is 7. The molecule has 1 aliphatic heterocycles. The molecule has 2 aromatic carbocycles. The number of anilines is 1. The van der Waals surface area contributed by atoms with E-state index in [0.29, 0.717) is 25.3 Å². The van der Waals surface area contributed by atoms with E-state index >= 15 is 0 Å². The highest BCUT2D eigenvalue weighted by Crippen LogP contribution is 2.36. The molecule has 0 spiro atoms. The van der Waals surface area contributed by atoms with E-state index in [9.17, 15) is 4.79 Å². The van der Waals surface area contributed by atoms with Gasteiger partial charge in [-0.3, -0.25) is 4.79 Å². The molecule has 0 fully saturated rings. The number of amides is 1. The molecular formula is C20H24N2O3. The summed E-state index contributed by atoms with van der Waals surface area (Å²) in [6.07, 6.45) is 0.515. The van der Waals surface area contributed by atoms with Crippen LogP contribution in [0.25, 0.3) is 0 Å². The molecule has 5 nitrogen and oxygen atoms in total. The maximum atomic E-state index is 13.1. The van der Waals surface area contributed by atoms with Crippen LogP contribution in [0.5, 0.6) is 5.75 Å². The van der Waals surface area contributed by atoms with Crippen LogP contribution in [0.1, 0.15) is 35.4 Å². The molecule has 132 valence electrons. The van der Waals surface area contributed by atoms with Crippen LogP contribution >= 0.6 is 0 Å². The van der Waals surface area contributed by atoms with Crippen molar-refractivity contribution in [3.8, 4) is 5.75 Å². The zero-order chi connectivity index (χ0) is 17.6. The maximum absolute atomic E-state index is 13.1. The van der Waals surface area contributed by atoms with Crippen molar-refractivity contribution in [3.05, 3.63) is 59.7 Å². The summed E-state index contributed by atoms with van der Waals surface area (Å²) in [4.78, 5) is 14.9. The maximum Gasteiger partial charge on any atom is 0.257 e. The van der Waals surface area contributed by atoms with Gasteiger partial charge in [0.2, 0.25) is 0 Å². The Morgan fingerprint density at radius 2 is 1.88 bits per heavy atom. The number of methoxy groups -OCH3 is 1. The lowest BCUT2D eigenvalue weighted by molar-refractivity contribution is 0.0658. The largest absolute Gasteiger partial charge is 0.493 e. The van der Waals surface area contributed by atoms with Gasteiger partial charge in [-0.25, -0.2) is 0 Å². The lowest BCUT2D eigenvalue weighted by Gasteiger charge is -2.38. The van der Waals surface area contributed by atoms with Crippen LogP contribution in [-0.4, -0.2) is 37.7 Å². The Labute approximate surface area is 148 Å². The van der Waals surface area contributed by atoms with E-state index in [-0.39, 0.29) is 12.1 Å². The van der Waals surface area contributed by atoms with E-state index in [1.54, 1.807) is 7.11 Å². The van der Waals surface area contributed by atoms with Gasteiger partial charge in [-0.2, -0.15) is 0 Å². The van der Waals surface area contributed by atoms with E-state index in [2.05, 4.69) is 5.32 Å². The third kappa shape index (κ3) is 3.61. The molecule has 0 saturated carbocycles. The van der Waals surface area contributed by atoms with Crippen molar-refractivity contribution in [3.63, 3.8) is 0 Å². The minimum Gasteiger partial charge on any atom is -0.493 e. The predicted octanol–water partition coefficient (Wildman–Crippen LogP) is 3.69. The first-order valence-electron chi connectivity index (χ1n) is 8.63. The second kappa shape index (κ2) is 8.03. The Hall–Kier alpha value is -2.53. The number of ether oxygens (including phenoxy) is 2. The lowest BCUT2D eigenvalue weighted by atomic mass is 10.0. The molecule has 5 heteroatoms. The Balaban J connectivity index is 1.98. The van der Waals surface area contributed by atoms with Gasteiger partial charge in [0.15, 0.2) is 0 Å². The molecule has 1 atom stereocenters. The summed E-state index contributed by atoms with van der Waals surface area (Å²) < 4.78 is 10.9. The smallest absolute Gasteiger partial charge is 0.257 e. The minimum absolute atomic E-state index is 0.0294. The van der Waals surface area contributed by atoms with Crippen molar-refractivity contribution in [2.45, 2.75) is 19.5 Å². The van der Waals surface area contributed by atoms with Crippen molar-refractivity contribution < 1.29 is 14.3 Å². The topological polar surface area (TPSA) is 50.8 Å². The highest BCUT2D eigenvalue weighted by molar-refractivity contribution is 6.01. The molecule has 1 aliphatic rings. The Bertz CT molecular complexity index is 732. The second-order valence-electron chi connectivity index (χ2n) is 5.91. The number of nitrogens with one attached hydrogen (secondary N) is 1. The van der Waals surface area contributed by atoms with Crippen LogP contribution in [-0.2, 0) is 4.74 Å². The summed E-state index contributed by atoms with van der Waals surface area (Å²) in [6.45, 7) is 3.77. The SMILES string of the molecule is CCOc1ccccc1C1Nc2ccccc2C(=O)N1CCCOC. The first kappa shape index (κ1) is 17.3. The number of carbonyl (C=O) groups is 1. The van der Waals surface area contributed by atoms with Crippen LogP contribution < -0.4 is 10.1 Å². The summed E-state index contributed by atoms with van der Waals surface area (Å²) in [6, 6.07) is 15.5. The predicted molar refractivity (Wildman–Crippen MR) is 97.9 cm³/mol. The fraction of sp³-hybridized carbons (Fsp3) is 0.350. The van der Waals surface area contributed by atoms with Crippen molar-refractivity contribution >= 4 is 11.6 Å². The lowest BCUT2D eigenvalue weighted by Crippen LogP contribution is -2.43. The van der Waals surface area contributed by atoms with E-state index in [1.807, 2.05) is 60.4 Å². The highest BCUT2D eigenvalue weighted by Gasteiger charge is 2.33. The molecule has 1 N–H and O–H groups in total. The normalized spacial score (nSPS) is 16.3. The number of hydrogen-bond donors (Lipinski definition) is 1. The van der Waals surface area contributed by atoms with Gasteiger partial charge in [0.1, 0.15) is 11.9 Å². The zero-order valence-electron chi connectivity index (χ0n) is 14.7. The van der Waals surface area contributed by atoms with E-state index in [1.165, 1.54) is 0 Å². The molecule has 3 rings (SSSR count). The van der Waals surface area contributed by atoms with Crippen LogP contribution in [0.3, 0.4) is 0 Å². The fourth-order valence-corrected chi connectivity index (χ4v) is 3.14. The zero-order valence-corrected chi connectivity index (χ0v) is 14.7. The van der Waals surface area contributed by atoms with Crippen LogP contribution in [0.15, 0.2) is 48.5 Å². The van der Waals surface area contributed by atoms with Crippen molar-refractivity contribution in [2.24, 2.45) is 0 Å². The van der Waals surface area contributed by atoms with Gasteiger partial charge >= 0.3 is 0 Å². The van der Waals surface area contributed by atoms with Gasteiger partial charge in [0.25, 0.3) is 5.91 Å². The van der Waals surface area contributed by atoms with E-state index < -0.39 is 0 Å². The van der Waals surface area contributed by atoms with Gasteiger partial charge in [0, 0.05) is 31.5 Å². The summed E-state index contributed by atoms with van der Waals surface area (Å²) in [5, 5.41) is 3.50. The Morgan fingerprint density at radius 1 is 1.12 bits per heavy atom. The molecule has 1 amide bonds. The van der Waals surface area contributed by atoms with Crippen LogP contribution in [0.4, 0.5) is 5.69 Å². The van der Waals surface area contributed by atoms with Gasteiger partial charge < -0.3 is 19.7 Å². The molecule has 0 aromatic heterocycles. The standard InChI is InChI=1S/C20H24N2O3/c1-3-25-18-12-7-5-10-16(18)19-21-17-11-6-4-9-15(17)20(23)22(19)13-8-14-24-2/h4-7,9-12,19,21H,3,8,13-14H2,1-2H3. The van der Waals surface area contributed by atoms with Crippen molar-refractivity contribution in [1.82, 2.24) is 4.90 Å². The van der Waals surface area contributed by atoms with Gasteiger partial charge in [-0.05, 0) is 31.5 Å². The third-order valence-electron chi connectivity index (χ3n) is 4.28. The minimum atomic E-state index is -0.262. The van der Waals surface area contributed by atoms with Gasteiger partial charge in [-0.15, -0.1) is 0 Å². The Morgan fingerprint density at radius 3 is 2.68 bits per heavy atom. The van der Waals surface area contributed by atoms with Crippen LogP contribution in [0.2, 0.25) is 0 Å². The summed E-state index contributed by atoms with van der Waals surface area (Å²) >= 11 is 0. The molecule has 2 aromatic rings. The molecule has 0 saturated heterocycles. The Kier molecular flexibility index (Phi) is 5.56. The summed E-state index contributed by atoms with van der Waals surface area (Å²) in [5.41, 5.74) is 2.52. The molecule has 25 heavy (non-hydrogen) atoms. The molecule has 0 radical (unpaired) electrons. The third-order valence-corrected chi connectivity index (χ3v) is 4.28. The number of para-hydroxylation sites is 2. The molecule has 0 bridgehead atoms. The first-order chi connectivity index (χ1) is 12.3. The summed E-state index contributed by atoms with van der Waals surface area (Å²) in [5.74, 6) is 0.827. The van der Waals surface area contributed by atoms with Gasteiger partial charge in [0.05, 0.1) is 12.2 Å². The number of carbonyl (C=O) groups excluding carboxylic acids is 1. The number of hydrogen-bond acceptors (Lipinski definition) is 4. The number of nitrogens with zero attached hydrogens (tertiary/aromatic N) is 1. The average Bonchev–Trinajstić information content (AvgIpc) is 2.64. The summed E-state index contributed by atoms with van der Waals surface area (Å²) in [7, 11) is 1.67. The molecule has 0 aliphatic carbocycles.